The van der Waals surface area contributed by atoms with E-state index in [4.69, 9.17) is 28.6 Å². The Bertz CT molecular complexity index is 937. The Kier molecular flexibility index (Phi) is 6.46. The monoisotopic (exact) mass is 431 g/mol. The van der Waals surface area contributed by atoms with Gasteiger partial charge in [-0.3, -0.25) is 19.3 Å². The van der Waals surface area contributed by atoms with Gasteiger partial charge < -0.3 is 15.0 Å². The first kappa shape index (κ1) is 20.8. The number of thiocarbonyl (C=S) groups is 1. The summed E-state index contributed by atoms with van der Waals surface area (Å²) < 4.78 is 4.71. The van der Waals surface area contributed by atoms with E-state index >= 15 is 0 Å². The predicted molar refractivity (Wildman–Crippen MR) is 114 cm³/mol. The third-order valence-electron chi connectivity index (χ3n) is 4.37. The largest absolute Gasteiger partial charge is 0.468 e. The number of nitrogens with zero attached hydrogens (tertiary/aromatic N) is 2. The summed E-state index contributed by atoms with van der Waals surface area (Å²) in [5.74, 6) is -1.33. The van der Waals surface area contributed by atoms with E-state index in [1.807, 2.05) is 6.07 Å². The SMILES string of the molecule is COC(=O)CN1C(=S)N(c2ccc(Cl)cc2)C(=O)[C@H]1CC(=O)Nc1ccccc1. The first-order valence-electron chi connectivity index (χ1n) is 8.72. The second kappa shape index (κ2) is 9.02. The van der Waals surface area contributed by atoms with Crippen LogP contribution in [0.25, 0.3) is 0 Å². The standard InChI is InChI=1S/C20H18ClN3O4S/c1-28-18(26)12-23-16(11-17(25)22-14-5-3-2-4-6-14)19(27)24(20(23)29)15-9-7-13(21)8-10-15/h2-10,16H,11-12H2,1H3,(H,22,25)/t16-/m1/s1. The zero-order chi connectivity index (χ0) is 21.0. The molecule has 0 aromatic heterocycles. The number of rotatable bonds is 6. The first-order valence-corrected chi connectivity index (χ1v) is 9.51. The summed E-state index contributed by atoms with van der Waals surface area (Å²) in [6, 6.07) is 14.5. The van der Waals surface area contributed by atoms with Crippen LogP contribution in [-0.2, 0) is 19.1 Å². The Hall–Kier alpha value is -2.97. The Morgan fingerprint density at radius 2 is 1.79 bits per heavy atom. The van der Waals surface area contributed by atoms with Gasteiger partial charge in [-0.05, 0) is 48.6 Å². The molecular formula is C20H18ClN3O4S. The molecule has 7 nitrogen and oxygen atoms in total. The molecule has 2 aromatic carbocycles. The second-order valence-corrected chi connectivity index (χ2v) is 7.07. The number of hydrogen-bond donors (Lipinski definition) is 1. The molecule has 1 heterocycles. The lowest BCUT2D eigenvalue weighted by Gasteiger charge is -2.22. The van der Waals surface area contributed by atoms with Crippen LogP contribution in [0.1, 0.15) is 6.42 Å². The van der Waals surface area contributed by atoms with E-state index in [9.17, 15) is 14.4 Å². The molecule has 9 heteroatoms. The number of hydrogen-bond acceptors (Lipinski definition) is 5. The molecule has 1 saturated heterocycles. The van der Waals surface area contributed by atoms with Gasteiger partial charge in [0.05, 0.1) is 19.2 Å². The Morgan fingerprint density at radius 1 is 1.14 bits per heavy atom. The molecule has 0 aliphatic carbocycles. The van der Waals surface area contributed by atoms with Crippen molar-refractivity contribution in [1.29, 1.82) is 0 Å². The number of carbonyl (C=O) groups is 3. The third-order valence-corrected chi connectivity index (χ3v) is 5.04. The Labute approximate surface area is 178 Å². The molecule has 150 valence electrons. The highest BCUT2D eigenvalue weighted by Gasteiger charge is 2.45. The topological polar surface area (TPSA) is 79.0 Å². The summed E-state index contributed by atoms with van der Waals surface area (Å²) >= 11 is 11.4. The molecule has 2 amide bonds. The van der Waals surface area contributed by atoms with Crippen LogP contribution in [0.3, 0.4) is 0 Å². The van der Waals surface area contributed by atoms with E-state index < -0.39 is 17.9 Å². The number of amides is 2. The highest BCUT2D eigenvalue weighted by atomic mass is 35.5. The fraction of sp³-hybridized carbons (Fsp3) is 0.200. The molecule has 0 unspecified atom stereocenters. The van der Waals surface area contributed by atoms with Crippen molar-refractivity contribution >= 4 is 58.1 Å². The predicted octanol–water partition coefficient (Wildman–Crippen LogP) is 2.84. The third kappa shape index (κ3) is 4.72. The van der Waals surface area contributed by atoms with Crippen molar-refractivity contribution in [2.75, 3.05) is 23.9 Å². The summed E-state index contributed by atoms with van der Waals surface area (Å²) in [6.07, 6.45) is -0.172. The normalized spacial score (nSPS) is 16.1. The van der Waals surface area contributed by atoms with E-state index in [0.29, 0.717) is 16.4 Å². The van der Waals surface area contributed by atoms with Crippen molar-refractivity contribution < 1.29 is 19.1 Å². The maximum atomic E-state index is 13.1. The first-order chi connectivity index (χ1) is 13.9. The lowest BCUT2D eigenvalue weighted by Crippen LogP contribution is -2.41. The molecule has 0 spiro atoms. The van der Waals surface area contributed by atoms with Crippen LogP contribution >= 0.6 is 23.8 Å². The number of para-hydroxylation sites is 1. The van der Waals surface area contributed by atoms with Gasteiger partial charge in [0, 0.05) is 10.7 Å². The second-order valence-electron chi connectivity index (χ2n) is 6.27. The minimum Gasteiger partial charge on any atom is -0.468 e. The van der Waals surface area contributed by atoms with Crippen LogP contribution in [-0.4, -0.2) is 47.5 Å². The summed E-state index contributed by atoms with van der Waals surface area (Å²) in [5.41, 5.74) is 1.12. The van der Waals surface area contributed by atoms with Crippen LogP contribution in [0.2, 0.25) is 5.02 Å². The number of methoxy groups -OCH3 is 1. The fourth-order valence-corrected chi connectivity index (χ4v) is 3.47. The molecule has 0 bridgehead atoms. The summed E-state index contributed by atoms with van der Waals surface area (Å²) in [5, 5.41) is 3.38. The maximum absolute atomic E-state index is 13.1. The van der Waals surface area contributed by atoms with Crippen molar-refractivity contribution in [1.82, 2.24) is 4.90 Å². The van der Waals surface area contributed by atoms with Gasteiger partial charge in [0.25, 0.3) is 5.91 Å². The van der Waals surface area contributed by atoms with E-state index in [0.717, 1.165) is 0 Å². The van der Waals surface area contributed by atoms with Crippen LogP contribution in [0.4, 0.5) is 11.4 Å². The molecular weight excluding hydrogens is 414 g/mol. The quantitative estimate of drug-likeness (QED) is 0.559. The van der Waals surface area contributed by atoms with Crippen LogP contribution in [0, 0.1) is 0 Å². The summed E-state index contributed by atoms with van der Waals surface area (Å²) in [4.78, 5) is 40.2. The molecule has 1 atom stereocenters. The number of nitrogens with one attached hydrogen (secondary N) is 1. The van der Waals surface area contributed by atoms with Crippen LogP contribution in [0.5, 0.6) is 0 Å². The van der Waals surface area contributed by atoms with Crippen LogP contribution < -0.4 is 10.2 Å². The van der Waals surface area contributed by atoms with E-state index in [-0.39, 0.29) is 24.0 Å². The number of benzene rings is 2. The summed E-state index contributed by atoms with van der Waals surface area (Å²) in [6.45, 7) is -0.242. The van der Waals surface area contributed by atoms with Crippen molar-refractivity contribution in [2.45, 2.75) is 12.5 Å². The van der Waals surface area contributed by atoms with Gasteiger partial charge in [-0.1, -0.05) is 29.8 Å². The highest BCUT2D eigenvalue weighted by Crippen LogP contribution is 2.28. The summed E-state index contributed by atoms with van der Waals surface area (Å²) in [7, 11) is 1.25. The molecule has 1 fully saturated rings. The number of halogens is 1. The lowest BCUT2D eigenvalue weighted by atomic mass is 10.1. The smallest absolute Gasteiger partial charge is 0.325 e. The number of ether oxygens (including phenoxy) is 1. The van der Waals surface area contributed by atoms with Gasteiger partial charge >= 0.3 is 5.97 Å². The Morgan fingerprint density at radius 3 is 2.41 bits per heavy atom. The van der Waals surface area contributed by atoms with E-state index in [2.05, 4.69) is 5.32 Å². The highest BCUT2D eigenvalue weighted by molar-refractivity contribution is 7.80. The molecule has 1 N–H and O–H groups in total. The average Bonchev–Trinajstić information content (AvgIpc) is 2.93. The van der Waals surface area contributed by atoms with Gasteiger partial charge in [-0.15, -0.1) is 0 Å². The minimum atomic E-state index is -0.930. The van der Waals surface area contributed by atoms with Crippen LogP contribution in [0.15, 0.2) is 54.6 Å². The van der Waals surface area contributed by atoms with Gasteiger partial charge in [-0.25, -0.2) is 0 Å². The number of esters is 1. The molecule has 0 saturated carbocycles. The molecule has 1 aliphatic heterocycles. The maximum Gasteiger partial charge on any atom is 0.325 e. The number of carbonyl (C=O) groups excluding carboxylic acids is 3. The zero-order valence-corrected chi connectivity index (χ0v) is 17.1. The van der Waals surface area contributed by atoms with Crippen molar-refractivity contribution in [3.8, 4) is 0 Å². The Balaban J connectivity index is 1.84. The van der Waals surface area contributed by atoms with Crippen molar-refractivity contribution in [3.05, 3.63) is 59.6 Å². The van der Waals surface area contributed by atoms with Gasteiger partial charge in [0.1, 0.15) is 12.6 Å². The van der Waals surface area contributed by atoms with Crippen molar-refractivity contribution in [2.24, 2.45) is 0 Å². The molecule has 2 aromatic rings. The molecule has 3 rings (SSSR count). The molecule has 29 heavy (non-hydrogen) atoms. The minimum absolute atomic E-state index is 0.125. The van der Waals surface area contributed by atoms with Gasteiger partial charge in [0.15, 0.2) is 5.11 Å². The lowest BCUT2D eigenvalue weighted by molar-refractivity contribution is -0.141. The van der Waals surface area contributed by atoms with Gasteiger partial charge in [0.2, 0.25) is 5.91 Å². The fourth-order valence-electron chi connectivity index (χ4n) is 2.95. The molecule has 1 aliphatic rings. The zero-order valence-electron chi connectivity index (χ0n) is 15.5. The van der Waals surface area contributed by atoms with E-state index in [1.54, 1.807) is 48.5 Å². The van der Waals surface area contributed by atoms with Gasteiger partial charge in [-0.2, -0.15) is 0 Å². The average molecular weight is 432 g/mol. The molecule has 0 radical (unpaired) electrons. The van der Waals surface area contributed by atoms with Crippen molar-refractivity contribution in [3.63, 3.8) is 0 Å². The number of anilines is 2. The van der Waals surface area contributed by atoms with E-state index in [1.165, 1.54) is 16.9 Å².